The van der Waals surface area contributed by atoms with Crippen LogP contribution in [0.4, 0.5) is 0 Å². The lowest BCUT2D eigenvalue weighted by molar-refractivity contribution is 0.0511. The van der Waals surface area contributed by atoms with Gasteiger partial charge in [0.2, 0.25) is 0 Å². The number of benzene rings is 1. The van der Waals surface area contributed by atoms with Gasteiger partial charge in [-0.15, -0.1) is 0 Å². The number of aryl methyl sites for hydroxylation is 2. The van der Waals surface area contributed by atoms with Crippen LogP contribution < -0.4 is 10.6 Å². The number of methoxy groups -OCH3 is 1. The normalized spacial score (nSPS) is 16.3. The Morgan fingerprint density at radius 1 is 1.22 bits per heavy atom. The molecule has 5 heteroatoms. The van der Waals surface area contributed by atoms with Crippen molar-refractivity contribution in [1.29, 1.82) is 0 Å². The van der Waals surface area contributed by atoms with Crippen molar-refractivity contribution in [3.05, 3.63) is 52.8 Å². The third kappa shape index (κ3) is 4.09. The average molecular weight is 370 g/mol. The van der Waals surface area contributed by atoms with E-state index in [2.05, 4.69) is 41.2 Å². The lowest BCUT2D eigenvalue weighted by Crippen LogP contribution is -2.47. The number of nitrogens with zero attached hydrogens (tertiary/aromatic N) is 1. The van der Waals surface area contributed by atoms with Crippen molar-refractivity contribution in [2.75, 3.05) is 33.4 Å². The number of nitrogens with one attached hydrogen (secondary N) is 2. The summed E-state index contributed by atoms with van der Waals surface area (Å²) >= 11 is 0. The molecular weight excluding hydrogens is 338 g/mol. The third-order valence-corrected chi connectivity index (χ3v) is 5.77. The molecule has 0 spiro atoms. The Labute approximate surface area is 162 Å². The summed E-state index contributed by atoms with van der Waals surface area (Å²) in [4.78, 5) is 13.0. The minimum atomic E-state index is -0.00283. The lowest BCUT2D eigenvalue weighted by Gasteiger charge is -2.37. The van der Waals surface area contributed by atoms with Gasteiger partial charge in [0.1, 0.15) is 0 Å². The van der Waals surface area contributed by atoms with Crippen molar-refractivity contribution in [3.63, 3.8) is 0 Å². The van der Waals surface area contributed by atoms with Gasteiger partial charge in [-0.25, -0.2) is 0 Å². The van der Waals surface area contributed by atoms with Crippen molar-refractivity contribution in [2.24, 2.45) is 5.41 Å². The van der Waals surface area contributed by atoms with E-state index in [1.54, 1.807) is 7.11 Å². The highest BCUT2D eigenvalue weighted by molar-refractivity contribution is 5.96. The summed E-state index contributed by atoms with van der Waals surface area (Å²) in [5.74, 6) is -0.00283. The summed E-state index contributed by atoms with van der Waals surface area (Å²) in [6, 6.07) is 10.3. The first kappa shape index (κ1) is 19.6. The summed E-state index contributed by atoms with van der Waals surface area (Å²) in [6.07, 6.45) is 2.03. The minimum Gasteiger partial charge on any atom is -0.384 e. The minimum absolute atomic E-state index is 0.00283. The topological polar surface area (TPSA) is 55.3 Å². The fraction of sp³-hybridized carbons (Fsp3) is 0.500. The molecule has 1 aliphatic heterocycles. The first-order valence-corrected chi connectivity index (χ1v) is 9.70. The Hall–Kier alpha value is -2.11. The summed E-state index contributed by atoms with van der Waals surface area (Å²) in [6.45, 7) is 9.44. The molecule has 2 heterocycles. The van der Waals surface area contributed by atoms with Crippen molar-refractivity contribution in [3.8, 4) is 5.69 Å². The molecule has 1 amide bonds. The Balaban J connectivity index is 1.80. The van der Waals surface area contributed by atoms with E-state index >= 15 is 0 Å². The molecule has 0 atom stereocenters. The van der Waals surface area contributed by atoms with Crippen LogP contribution >= 0.6 is 0 Å². The van der Waals surface area contributed by atoms with Gasteiger partial charge in [-0.1, -0.05) is 18.2 Å². The number of carbonyl (C=O) groups is 1. The zero-order valence-electron chi connectivity index (χ0n) is 16.9. The largest absolute Gasteiger partial charge is 0.384 e. The van der Waals surface area contributed by atoms with E-state index < -0.39 is 0 Å². The van der Waals surface area contributed by atoms with E-state index in [9.17, 15) is 4.79 Å². The molecule has 0 saturated carbocycles. The second-order valence-corrected chi connectivity index (χ2v) is 7.77. The predicted octanol–water partition coefficient (Wildman–Crippen LogP) is 3.15. The second-order valence-electron chi connectivity index (χ2n) is 7.77. The fourth-order valence-electron chi connectivity index (χ4n) is 4.18. The Morgan fingerprint density at radius 2 is 1.93 bits per heavy atom. The molecule has 1 aliphatic rings. The zero-order chi connectivity index (χ0) is 19.4. The maximum atomic E-state index is 13.0. The van der Waals surface area contributed by atoms with Crippen LogP contribution in [-0.4, -0.2) is 43.8 Å². The van der Waals surface area contributed by atoms with Gasteiger partial charge in [-0.3, -0.25) is 4.79 Å². The first-order chi connectivity index (χ1) is 13.0. The molecule has 0 unspecified atom stereocenters. The highest BCUT2D eigenvalue weighted by Gasteiger charge is 2.33. The van der Waals surface area contributed by atoms with Gasteiger partial charge in [0.05, 0.1) is 12.2 Å². The smallest absolute Gasteiger partial charge is 0.253 e. The fourth-order valence-corrected chi connectivity index (χ4v) is 4.18. The number of rotatable bonds is 6. The van der Waals surface area contributed by atoms with Crippen LogP contribution in [0, 0.1) is 26.2 Å². The van der Waals surface area contributed by atoms with Gasteiger partial charge >= 0.3 is 0 Å². The highest BCUT2D eigenvalue weighted by Crippen LogP contribution is 2.29. The van der Waals surface area contributed by atoms with Crippen LogP contribution in [0.15, 0.2) is 30.3 Å². The van der Waals surface area contributed by atoms with Gasteiger partial charge in [-0.05, 0) is 64.4 Å². The van der Waals surface area contributed by atoms with Crippen LogP contribution in [0.1, 0.15) is 40.2 Å². The van der Waals surface area contributed by atoms with Crippen molar-refractivity contribution in [2.45, 2.75) is 33.6 Å². The van der Waals surface area contributed by atoms with Gasteiger partial charge in [0.25, 0.3) is 5.91 Å². The van der Waals surface area contributed by atoms with Crippen LogP contribution in [0.2, 0.25) is 0 Å². The van der Waals surface area contributed by atoms with Gasteiger partial charge < -0.3 is 19.9 Å². The molecule has 1 aromatic carbocycles. The maximum Gasteiger partial charge on any atom is 0.253 e. The van der Waals surface area contributed by atoms with Crippen LogP contribution in [-0.2, 0) is 4.74 Å². The predicted molar refractivity (Wildman–Crippen MR) is 109 cm³/mol. The van der Waals surface area contributed by atoms with Crippen LogP contribution in [0.25, 0.3) is 5.69 Å². The lowest BCUT2D eigenvalue weighted by atomic mass is 9.79. The number of aromatic nitrogens is 1. The number of carbonyl (C=O) groups excluding carboxylic acids is 1. The summed E-state index contributed by atoms with van der Waals surface area (Å²) < 4.78 is 7.62. The number of para-hydroxylation sites is 1. The monoisotopic (exact) mass is 369 g/mol. The molecule has 0 aliphatic carbocycles. The number of hydrogen-bond acceptors (Lipinski definition) is 3. The Morgan fingerprint density at radius 3 is 2.59 bits per heavy atom. The number of ether oxygens (including phenoxy) is 1. The maximum absolute atomic E-state index is 13.0. The molecular formula is C22H31N3O2. The second kappa shape index (κ2) is 8.28. The summed E-state index contributed by atoms with van der Waals surface area (Å²) in [5, 5.41) is 6.57. The molecule has 2 aromatic rings. The molecule has 146 valence electrons. The van der Waals surface area contributed by atoms with Crippen molar-refractivity contribution in [1.82, 2.24) is 15.2 Å². The molecule has 27 heavy (non-hydrogen) atoms. The average Bonchev–Trinajstić information content (AvgIpc) is 2.96. The van der Waals surface area contributed by atoms with E-state index in [1.165, 1.54) is 5.56 Å². The zero-order valence-corrected chi connectivity index (χ0v) is 16.9. The standard InChI is InChI=1S/C22H31N3O2/c1-16-7-5-6-8-20(16)25-17(2)13-19(18(25)3)21(26)24-14-22(15-27-4)9-11-23-12-10-22/h5-8,13,23H,9-12,14-15H2,1-4H3,(H,24,26). The molecule has 0 radical (unpaired) electrons. The van der Waals surface area contributed by atoms with Gasteiger partial charge in [0, 0.05) is 36.1 Å². The summed E-state index contributed by atoms with van der Waals surface area (Å²) in [5.41, 5.74) is 5.14. The molecule has 2 N–H and O–H groups in total. The quantitative estimate of drug-likeness (QED) is 0.822. The van der Waals surface area contributed by atoms with E-state index in [1.807, 2.05) is 25.1 Å². The number of piperidine rings is 1. The van der Waals surface area contributed by atoms with Crippen LogP contribution in [0.3, 0.4) is 0 Å². The molecule has 1 fully saturated rings. The van der Waals surface area contributed by atoms with Crippen LogP contribution in [0.5, 0.6) is 0 Å². The van der Waals surface area contributed by atoms with Gasteiger partial charge in [-0.2, -0.15) is 0 Å². The Bertz CT molecular complexity index is 798. The molecule has 0 bridgehead atoms. The van der Waals surface area contributed by atoms with Gasteiger partial charge in [0.15, 0.2) is 0 Å². The van der Waals surface area contributed by atoms with E-state index in [4.69, 9.17) is 4.74 Å². The molecule has 1 saturated heterocycles. The highest BCUT2D eigenvalue weighted by atomic mass is 16.5. The first-order valence-electron chi connectivity index (χ1n) is 9.70. The number of amides is 1. The molecule has 1 aromatic heterocycles. The summed E-state index contributed by atoms with van der Waals surface area (Å²) in [7, 11) is 1.74. The third-order valence-electron chi connectivity index (χ3n) is 5.77. The van der Waals surface area contributed by atoms with Crippen molar-refractivity contribution < 1.29 is 9.53 Å². The molecule has 3 rings (SSSR count). The van der Waals surface area contributed by atoms with E-state index in [-0.39, 0.29) is 11.3 Å². The SMILES string of the molecule is COCC1(CNC(=O)c2cc(C)n(-c3ccccc3C)c2C)CCNCC1. The van der Waals surface area contributed by atoms with E-state index in [0.29, 0.717) is 13.2 Å². The number of hydrogen-bond donors (Lipinski definition) is 2. The Kier molecular flexibility index (Phi) is 6.02. The van der Waals surface area contributed by atoms with Crippen molar-refractivity contribution >= 4 is 5.91 Å². The van der Waals surface area contributed by atoms with E-state index in [0.717, 1.165) is 48.6 Å². The molecule has 5 nitrogen and oxygen atoms in total.